The molecule has 3 heterocycles. The number of hydrogen-bond acceptors (Lipinski definition) is 6. The van der Waals surface area contributed by atoms with Gasteiger partial charge in [0.05, 0.1) is 25.8 Å². The van der Waals surface area contributed by atoms with E-state index in [2.05, 4.69) is 0 Å². The van der Waals surface area contributed by atoms with Crippen LogP contribution in [0.3, 0.4) is 0 Å². The van der Waals surface area contributed by atoms with Crippen molar-refractivity contribution in [3.05, 3.63) is 64.7 Å². The lowest BCUT2D eigenvalue weighted by molar-refractivity contribution is -0.908. The molecule has 2 saturated heterocycles. The monoisotopic (exact) mass is 478 g/mol. The van der Waals surface area contributed by atoms with E-state index < -0.39 is 23.5 Å². The third-order valence-electron chi connectivity index (χ3n) is 7.00. The number of aromatic hydroxyl groups is 1. The Bertz CT molecular complexity index is 1170. The summed E-state index contributed by atoms with van der Waals surface area (Å²) >= 11 is 0. The number of phenolic OH excluding ortho intramolecular Hbond substituents is 1. The molecule has 8 heteroatoms. The molecule has 0 saturated carbocycles. The molecule has 8 nitrogen and oxygen atoms in total. The van der Waals surface area contributed by atoms with E-state index in [9.17, 15) is 19.8 Å². The molecule has 2 aromatic carbocycles. The Balaban J connectivity index is 1.48. The van der Waals surface area contributed by atoms with Crippen molar-refractivity contribution in [1.82, 2.24) is 4.90 Å². The van der Waals surface area contributed by atoms with E-state index in [-0.39, 0.29) is 17.4 Å². The van der Waals surface area contributed by atoms with E-state index >= 15 is 0 Å². The Morgan fingerprint density at radius 3 is 2.74 bits per heavy atom. The van der Waals surface area contributed by atoms with Gasteiger partial charge in [0.25, 0.3) is 5.91 Å². The fourth-order valence-corrected chi connectivity index (χ4v) is 5.27. The number of nitrogens with zero attached hydrogens (tertiary/aromatic N) is 1. The maximum atomic E-state index is 13.7. The summed E-state index contributed by atoms with van der Waals surface area (Å²) in [6.45, 7) is 6.43. The van der Waals surface area contributed by atoms with Gasteiger partial charge in [0.1, 0.15) is 30.7 Å². The molecular weight excluding hydrogens is 448 g/mol. The van der Waals surface area contributed by atoms with Crippen molar-refractivity contribution >= 4 is 17.4 Å². The van der Waals surface area contributed by atoms with Gasteiger partial charge in [0.2, 0.25) is 5.78 Å². The van der Waals surface area contributed by atoms with Crippen LogP contribution in [0.1, 0.15) is 36.1 Å². The van der Waals surface area contributed by atoms with E-state index in [1.54, 1.807) is 30.3 Å². The number of likely N-dealkylation sites (tertiary alicyclic amines) is 1. The number of amides is 1. The van der Waals surface area contributed by atoms with Crippen molar-refractivity contribution in [3.8, 4) is 11.5 Å². The molecule has 184 valence electrons. The molecule has 0 spiro atoms. The average Bonchev–Trinajstić information content (AvgIpc) is 3.35. The van der Waals surface area contributed by atoms with E-state index in [0.717, 1.165) is 44.2 Å². The number of carbonyl (C=O) groups excluding carboxylic acids is 2. The Hall–Kier alpha value is -3.36. The summed E-state index contributed by atoms with van der Waals surface area (Å²) in [6, 6.07) is 10.8. The van der Waals surface area contributed by atoms with Crippen LogP contribution < -0.4 is 14.7 Å². The SMILES string of the molecule is CC1Cc2cc(/C([O-])=C3\C(=O)C(=O)N(CCC[NH+]4CCOCC4)C3c3cccc(O)c3)ccc2O1. The lowest BCUT2D eigenvalue weighted by Gasteiger charge is -2.29. The molecule has 0 aliphatic carbocycles. The zero-order chi connectivity index (χ0) is 24.5. The zero-order valence-corrected chi connectivity index (χ0v) is 19.8. The topological polar surface area (TPSA) is 104 Å². The van der Waals surface area contributed by atoms with Gasteiger partial charge in [-0.3, -0.25) is 9.59 Å². The minimum absolute atomic E-state index is 0.0162. The smallest absolute Gasteiger partial charge is 0.295 e. The predicted octanol–water partition coefficient (Wildman–Crippen LogP) is 0.245. The normalized spacial score (nSPS) is 24.0. The molecule has 5 rings (SSSR count). The lowest BCUT2D eigenvalue weighted by atomic mass is 9.94. The maximum Gasteiger partial charge on any atom is 0.295 e. The molecule has 35 heavy (non-hydrogen) atoms. The van der Waals surface area contributed by atoms with Crippen molar-refractivity contribution in [3.63, 3.8) is 0 Å². The molecule has 2 atom stereocenters. The first-order valence-corrected chi connectivity index (χ1v) is 12.2. The van der Waals surface area contributed by atoms with Crippen LogP contribution in [0.4, 0.5) is 0 Å². The van der Waals surface area contributed by atoms with Crippen LogP contribution in [0.2, 0.25) is 0 Å². The Morgan fingerprint density at radius 1 is 1.17 bits per heavy atom. The highest BCUT2D eigenvalue weighted by molar-refractivity contribution is 6.46. The van der Waals surface area contributed by atoms with Gasteiger partial charge in [-0.05, 0) is 47.9 Å². The first kappa shape index (κ1) is 23.4. The van der Waals surface area contributed by atoms with Gasteiger partial charge in [-0.2, -0.15) is 0 Å². The molecule has 2 aromatic rings. The molecular formula is C27H30N2O6. The van der Waals surface area contributed by atoms with Crippen molar-refractivity contribution in [2.24, 2.45) is 0 Å². The molecule has 2 unspecified atom stereocenters. The number of morpholine rings is 1. The van der Waals surface area contributed by atoms with E-state index in [1.807, 2.05) is 6.92 Å². The highest BCUT2D eigenvalue weighted by Crippen LogP contribution is 2.40. The summed E-state index contributed by atoms with van der Waals surface area (Å²) in [5.41, 5.74) is 1.76. The molecule has 1 amide bonds. The van der Waals surface area contributed by atoms with Gasteiger partial charge in [-0.15, -0.1) is 0 Å². The number of quaternary nitrogens is 1. The number of carbonyl (C=O) groups is 2. The predicted molar refractivity (Wildman–Crippen MR) is 126 cm³/mol. The molecule has 3 aliphatic rings. The quantitative estimate of drug-likeness (QED) is 0.350. The fraction of sp³-hybridized carbons (Fsp3) is 0.407. The third-order valence-corrected chi connectivity index (χ3v) is 7.00. The van der Waals surface area contributed by atoms with Crippen LogP contribution in [0.5, 0.6) is 11.5 Å². The average molecular weight is 479 g/mol. The van der Waals surface area contributed by atoms with Crippen molar-refractivity contribution in [2.45, 2.75) is 31.9 Å². The first-order chi connectivity index (χ1) is 16.9. The fourth-order valence-electron chi connectivity index (χ4n) is 5.27. The van der Waals surface area contributed by atoms with Gasteiger partial charge in [0.15, 0.2) is 0 Å². The second-order valence-corrected chi connectivity index (χ2v) is 9.49. The van der Waals surface area contributed by atoms with Crippen LogP contribution in [0.15, 0.2) is 48.0 Å². The molecule has 3 aliphatic heterocycles. The Morgan fingerprint density at radius 2 is 1.97 bits per heavy atom. The summed E-state index contributed by atoms with van der Waals surface area (Å²) in [6.07, 6.45) is 1.41. The minimum atomic E-state index is -0.835. The highest BCUT2D eigenvalue weighted by Gasteiger charge is 2.44. The van der Waals surface area contributed by atoms with E-state index in [1.165, 1.54) is 21.9 Å². The third kappa shape index (κ3) is 4.63. The Kier molecular flexibility index (Phi) is 6.49. The number of hydrogen-bond donors (Lipinski definition) is 2. The summed E-state index contributed by atoms with van der Waals surface area (Å²) < 4.78 is 11.1. The molecule has 2 N–H and O–H groups in total. The molecule has 0 bridgehead atoms. The zero-order valence-electron chi connectivity index (χ0n) is 19.8. The standard InChI is InChI=1S/C27H30N2O6/c1-17-14-20-15-19(6-7-22(20)35-17)25(31)23-24(18-4-2-5-21(30)16-18)29(27(33)26(23)32)9-3-8-28-10-12-34-13-11-28/h2,4-7,15-17,24,30-31H,3,8-14H2,1H3/b25-23+. The summed E-state index contributed by atoms with van der Waals surface area (Å²) in [7, 11) is 0. The number of fused-ring (bicyclic) bond motifs is 1. The summed E-state index contributed by atoms with van der Waals surface area (Å²) in [5, 5.41) is 23.8. The maximum absolute atomic E-state index is 13.7. The van der Waals surface area contributed by atoms with Crippen molar-refractivity contribution in [1.29, 1.82) is 0 Å². The van der Waals surface area contributed by atoms with Gasteiger partial charge >= 0.3 is 0 Å². The number of phenols is 1. The van der Waals surface area contributed by atoms with Crippen LogP contribution in [0, 0.1) is 0 Å². The van der Waals surface area contributed by atoms with Gasteiger partial charge < -0.3 is 29.5 Å². The highest BCUT2D eigenvalue weighted by atomic mass is 16.5. The minimum Gasteiger partial charge on any atom is -0.872 e. The van der Waals surface area contributed by atoms with E-state index in [4.69, 9.17) is 9.47 Å². The second-order valence-electron chi connectivity index (χ2n) is 9.49. The number of nitrogens with one attached hydrogen (secondary N) is 1. The number of rotatable bonds is 6. The first-order valence-electron chi connectivity index (χ1n) is 12.2. The molecule has 0 aromatic heterocycles. The van der Waals surface area contributed by atoms with Crippen molar-refractivity contribution in [2.75, 3.05) is 39.4 Å². The van der Waals surface area contributed by atoms with Crippen LogP contribution in [-0.2, 0) is 20.7 Å². The van der Waals surface area contributed by atoms with Crippen molar-refractivity contribution < 1.29 is 34.2 Å². The number of ketones is 1. The summed E-state index contributed by atoms with van der Waals surface area (Å²) in [5.74, 6) is -1.14. The van der Waals surface area contributed by atoms with Crippen LogP contribution in [0.25, 0.3) is 5.76 Å². The van der Waals surface area contributed by atoms with Gasteiger partial charge in [0, 0.05) is 25.0 Å². The van der Waals surface area contributed by atoms with Crippen LogP contribution >= 0.6 is 0 Å². The lowest BCUT2D eigenvalue weighted by Crippen LogP contribution is -3.14. The molecule has 0 radical (unpaired) electrons. The van der Waals surface area contributed by atoms with Crippen LogP contribution in [-0.4, -0.2) is 67.2 Å². The number of benzene rings is 2. The van der Waals surface area contributed by atoms with E-state index in [0.29, 0.717) is 30.5 Å². The van der Waals surface area contributed by atoms with Gasteiger partial charge in [-0.25, -0.2) is 0 Å². The Labute approximate surface area is 204 Å². The number of Topliss-reactive ketones (excluding diaryl/α,β-unsaturated/α-hetero) is 1. The molecule has 2 fully saturated rings. The largest absolute Gasteiger partial charge is 0.872 e. The van der Waals surface area contributed by atoms with Gasteiger partial charge in [-0.1, -0.05) is 24.0 Å². The summed E-state index contributed by atoms with van der Waals surface area (Å²) in [4.78, 5) is 29.2. The number of ether oxygens (including phenoxy) is 2. The second kappa shape index (κ2) is 9.71.